The van der Waals surface area contributed by atoms with E-state index in [9.17, 15) is 4.79 Å². The number of rotatable bonds is 3. The van der Waals surface area contributed by atoms with Crippen molar-refractivity contribution in [1.82, 2.24) is 19.6 Å². The molecule has 0 aliphatic carbocycles. The van der Waals surface area contributed by atoms with Gasteiger partial charge in [-0.25, -0.2) is 4.98 Å². The van der Waals surface area contributed by atoms with Crippen LogP contribution in [0.3, 0.4) is 0 Å². The minimum atomic E-state index is -0.0492. The zero-order valence-electron chi connectivity index (χ0n) is 12.7. The van der Waals surface area contributed by atoms with E-state index in [1.165, 1.54) is 0 Å². The highest BCUT2D eigenvalue weighted by Gasteiger charge is 2.31. The maximum Gasteiger partial charge on any atom is 0.276 e. The van der Waals surface area contributed by atoms with Crippen LogP contribution in [-0.4, -0.2) is 38.6 Å². The van der Waals surface area contributed by atoms with Gasteiger partial charge in [-0.2, -0.15) is 0 Å². The molecule has 3 heterocycles. The first-order chi connectivity index (χ1) is 10.1. The fourth-order valence-corrected chi connectivity index (χ4v) is 2.91. The van der Waals surface area contributed by atoms with E-state index in [-0.39, 0.29) is 5.91 Å². The second kappa shape index (κ2) is 5.35. The maximum absolute atomic E-state index is 12.4. The van der Waals surface area contributed by atoms with Crippen LogP contribution < -0.4 is 0 Å². The largest absolute Gasteiger partial charge is 0.361 e. The van der Waals surface area contributed by atoms with Crippen molar-refractivity contribution in [2.45, 2.75) is 32.6 Å². The average molecular weight is 288 g/mol. The topological polar surface area (TPSA) is 64.2 Å². The first kappa shape index (κ1) is 13.9. The Morgan fingerprint density at radius 1 is 1.52 bits per heavy atom. The molecule has 0 saturated carbocycles. The molecule has 1 aliphatic rings. The summed E-state index contributed by atoms with van der Waals surface area (Å²) in [4.78, 5) is 18.8. The molecule has 3 rings (SSSR count). The van der Waals surface area contributed by atoms with E-state index in [0.717, 1.165) is 36.7 Å². The Labute approximate surface area is 123 Å². The van der Waals surface area contributed by atoms with Crippen LogP contribution in [0.2, 0.25) is 0 Å². The van der Waals surface area contributed by atoms with Crippen LogP contribution in [0.1, 0.15) is 47.0 Å². The number of nitrogens with zero attached hydrogens (tertiary/aromatic N) is 4. The van der Waals surface area contributed by atoms with Crippen molar-refractivity contribution in [2.24, 2.45) is 7.05 Å². The molecule has 1 atom stereocenters. The highest BCUT2D eigenvalue weighted by Crippen LogP contribution is 2.27. The van der Waals surface area contributed by atoms with E-state index in [1.54, 1.807) is 6.07 Å². The number of hydrogen-bond acceptors (Lipinski definition) is 4. The number of carbonyl (C=O) groups excluding carboxylic acids is 1. The second-order valence-electron chi connectivity index (χ2n) is 5.62. The lowest BCUT2D eigenvalue weighted by Crippen LogP contribution is -2.29. The predicted octanol–water partition coefficient (Wildman–Crippen LogP) is 1.91. The van der Waals surface area contributed by atoms with Gasteiger partial charge in [-0.05, 0) is 13.3 Å². The Hall–Kier alpha value is -2.11. The van der Waals surface area contributed by atoms with E-state index in [1.807, 2.05) is 32.0 Å². The lowest BCUT2D eigenvalue weighted by molar-refractivity contribution is 0.0780. The molecule has 2 aromatic heterocycles. The quantitative estimate of drug-likeness (QED) is 0.865. The first-order valence-electron chi connectivity index (χ1n) is 7.33. The third kappa shape index (κ3) is 2.57. The molecule has 6 nitrogen and oxygen atoms in total. The van der Waals surface area contributed by atoms with Crippen molar-refractivity contribution >= 4 is 5.91 Å². The summed E-state index contributed by atoms with van der Waals surface area (Å²) >= 11 is 0. The fraction of sp³-hybridized carbons (Fsp3) is 0.533. The number of carbonyl (C=O) groups is 1. The Morgan fingerprint density at radius 3 is 2.95 bits per heavy atom. The highest BCUT2D eigenvalue weighted by molar-refractivity contribution is 5.92. The summed E-state index contributed by atoms with van der Waals surface area (Å²) < 4.78 is 7.17. The van der Waals surface area contributed by atoms with Gasteiger partial charge in [0.1, 0.15) is 11.6 Å². The van der Waals surface area contributed by atoms with E-state index in [2.05, 4.69) is 14.7 Å². The molecule has 1 amide bonds. The smallest absolute Gasteiger partial charge is 0.276 e. The number of hydrogen-bond donors (Lipinski definition) is 0. The minimum absolute atomic E-state index is 0.0492. The molecule has 1 fully saturated rings. The molecule has 0 N–H and O–H groups in total. The third-order valence-electron chi connectivity index (χ3n) is 4.00. The van der Waals surface area contributed by atoms with Gasteiger partial charge in [-0.15, -0.1) is 0 Å². The number of likely N-dealkylation sites (tertiary alicyclic amines) is 1. The Balaban J connectivity index is 1.72. The van der Waals surface area contributed by atoms with Crippen molar-refractivity contribution in [3.63, 3.8) is 0 Å². The molecule has 0 bridgehead atoms. The summed E-state index contributed by atoms with van der Waals surface area (Å²) in [7, 11) is 2.00. The van der Waals surface area contributed by atoms with Crippen LogP contribution >= 0.6 is 0 Å². The number of amides is 1. The van der Waals surface area contributed by atoms with E-state index in [0.29, 0.717) is 18.2 Å². The molecule has 0 radical (unpaired) electrons. The van der Waals surface area contributed by atoms with Crippen LogP contribution in [0, 0.1) is 6.92 Å². The van der Waals surface area contributed by atoms with Gasteiger partial charge in [0, 0.05) is 44.7 Å². The lowest BCUT2D eigenvalue weighted by atomic mass is 10.1. The molecule has 0 unspecified atom stereocenters. The minimum Gasteiger partial charge on any atom is -0.361 e. The van der Waals surface area contributed by atoms with Crippen molar-refractivity contribution in [2.75, 3.05) is 13.1 Å². The lowest BCUT2D eigenvalue weighted by Gasteiger charge is -2.14. The van der Waals surface area contributed by atoms with E-state index < -0.39 is 0 Å². The van der Waals surface area contributed by atoms with Crippen LogP contribution in [0.5, 0.6) is 0 Å². The molecular formula is C15H20N4O2. The van der Waals surface area contributed by atoms with Crippen LogP contribution in [0.15, 0.2) is 16.8 Å². The standard InChI is InChI=1S/C15H20N4O2/c1-4-12-7-13(17-21-12)15(20)19-6-5-11(9-19)14-16-10(2)8-18(14)3/h7-8,11H,4-6,9H2,1-3H3/t11-/m0/s1. The molecule has 2 aromatic rings. The number of aryl methyl sites for hydroxylation is 3. The van der Waals surface area contributed by atoms with Gasteiger partial charge in [0.2, 0.25) is 0 Å². The maximum atomic E-state index is 12.4. The number of aromatic nitrogens is 3. The SMILES string of the molecule is CCc1cc(C(=O)N2CC[C@H](c3nc(C)cn3C)C2)no1. The van der Waals surface area contributed by atoms with Crippen LogP contribution in [0.4, 0.5) is 0 Å². The van der Waals surface area contributed by atoms with Crippen molar-refractivity contribution < 1.29 is 9.32 Å². The first-order valence-corrected chi connectivity index (χ1v) is 7.33. The van der Waals surface area contributed by atoms with Crippen LogP contribution in [-0.2, 0) is 13.5 Å². The Bertz CT molecular complexity index is 658. The van der Waals surface area contributed by atoms with Gasteiger partial charge >= 0.3 is 0 Å². The molecule has 0 spiro atoms. The molecule has 1 saturated heterocycles. The molecule has 6 heteroatoms. The zero-order valence-corrected chi connectivity index (χ0v) is 12.7. The third-order valence-corrected chi connectivity index (χ3v) is 4.00. The normalized spacial score (nSPS) is 18.4. The van der Waals surface area contributed by atoms with Gasteiger partial charge < -0.3 is 14.0 Å². The number of imidazole rings is 1. The fourth-order valence-electron chi connectivity index (χ4n) is 2.91. The predicted molar refractivity (Wildman–Crippen MR) is 77.1 cm³/mol. The Kier molecular flexibility index (Phi) is 3.53. The van der Waals surface area contributed by atoms with Crippen molar-refractivity contribution in [1.29, 1.82) is 0 Å². The summed E-state index contributed by atoms with van der Waals surface area (Å²) in [5.41, 5.74) is 1.42. The van der Waals surface area contributed by atoms with Gasteiger partial charge in [-0.1, -0.05) is 12.1 Å². The highest BCUT2D eigenvalue weighted by atomic mass is 16.5. The summed E-state index contributed by atoms with van der Waals surface area (Å²) in [5, 5.41) is 3.86. The summed E-state index contributed by atoms with van der Waals surface area (Å²) in [6.45, 7) is 5.40. The van der Waals surface area contributed by atoms with Gasteiger partial charge in [0.15, 0.2) is 5.69 Å². The summed E-state index contributed by atoms with van der Waals surface area (Å²) in [6.07, 6.45) is 3.70. The molecule has 1 aliphatic heterocycles. The second-order valence-corrected chi connectivity index (χ2v) is 5.62. The van der Waals surface area contributed by atoms with Crippen molar-refractivity contribution in [3.8, 4) is 0 Å². The van der Waals surface area contributed by atoms with Crippen LogP contribution in [0.25, 0.3) is 0 Å². The van der Waals surface area contributed by atoms with Gasteiger partial charge in [0.05, 0.1) is 5.69 Å². The molecule has 21 heavy (non-hydrogen) atoms. The zero-order chi connectivity index (χ0) is 15.0. The van der Waals surface area contributed by atoms with Gasteiger partial charge in [-0.3, -0.25) is 4.79 Å². The van der Waals surface area contributed by atoms with E-state index >= 15 is 0 Å². The summed E-state index contributed by atoms with van der Waals surface area (Å²) in [5.74, 6) is 2.04. The van der Waals surface area contributed by atoms with Gasteiger partial charge in [0.25, 0.3) is 5.91 Å². The molecular weight excluding hydrogens is 268 g/mol. The molecule has 0 aromatic carbocycles. The van der Waals surface area contributed by atoms with E-state index in [4.69, 9.17) is 4.52 Å². The Morgan fingerprint density at radius 2 is 2.33 bits per heavy atom. The monoisotopic (exact) mass is 288 g/mol. The van der Waals surface area contributed by atoms with Crippen molar-refractivity contribution in [3.05, 3.63) is 35.2 Å². The molecule has 112 valence electrons. The average Bonchev–Trinajstić information content (AvgIpc) is 3.17. The summed E-state index contributed by atoms with van der Waals surface area (Å²) in [6, 6.07) is 1.74.